The summed E-state index contributed by atoms with van der Waals surface area (Å²) in [6.45, 7) is 4.95. The van der Waals surface area contributed by atoms with Crippen molar-refractivity contribution in [2.45, 2.75) is 26.9 Å². The maximum Gasteiger partial charge on any atom is 0.252 e. The summed E-state index contributed by atoms with van der Waals surface area (Å²) in [5, 5.41) is 10.6. The molecule has 0 spiro atoms. The van der Waals surface area contributed by atoms with Crippen LogP contribution in [0.15, 0.2) is 24.5 Å². The number of hydrogen-bond donors (Lipinski definition) is 2. The van der Waals surface area contributed by atoms with Crippen molar-refractivity contribution in [2.24, 2.45) is 0 Å². The highest BCUT2D eigenvalue weighted by Gasteiger charge is 2.11. The minimum atomic E-state index is -0.157. The average molecular weight is 259 g/mol. The van der Waals surface area contributed by atoms with Gasteiger partial charge in [0.2, 0.25) is 0 Å². The smallest absolute Gasteiger partial charge is 0.252 e. The second-order valence-electron chi connectivity index (χ2n) is 4.24. The monoisotopic (exact) mass is 259 g/mol. The Kier molecular flexibility index (Phi) is 3.79. The zero-order valence-electron chi connectivity index (χ0n) is 11.1. The van der Waals surface area contributed by atoms with Crippen molar-refractivity contribution < 1.29 is 4.79 Å². The van der Waals surface area contributed by atoms with Gasteiger partial charge in [0.05, 0.1) is 6.54 Å². The van der Waals surface area contributed by atoms with Crippen LogP contribution in [0, 0.1) is 6.92 Å². The number of nitrogens with two attached hydrogens (primary N) is 1. The molecule has 0 saturated heterocycles. The molecule has 0 fully saturated rings. The standard InChI is InChI=1S/C13H17N5O/c1-3-18-8-16-17-12(18)7-15-13(19)10-5-4-6-11(14)9(10)2/h4-6,8H,3,7,14H2,1-2H3,(H,15,19). The Morgan fingerprint density at radius 1 is 1.47 bits per heavy atom. The largest absolute Gasteiger partial charge is 0.398 e. The van der Waals surface area contributed by atoms with Crippen LogP contribution in [-0.2, 0) is 13.1 Å². The van der Waals surface area contributed by atoms with E-state index in [1.165, 1.54) is 0 Å². The highest BCUT2D eigenvalue weighted by atomic mass is 16.1. The van der Waals surface area contributed by atoms with Crippen molar-refractivity contribution in [1.29, 1.82) is 0 Å². The summed E-state index contributed by atoms with van der Waals surface area (Å²) >= 11 is 0. The molecule has 19 heavy (non-hydrogen) atoms. The number of carbonyl (C=O) groups excluding carboxylic acids is 1. The third-order valence-corrected chi connectivity index (χ3v) is 3.06. The molecule has 6 nitrogen and oxygen atoms in total. The lowest BCUT2D eigenvalue weighted by atomic mass is 10.1. The Morgan fingerprint density at radius 3 is 3.00 bits per heavy atom. The molecule has 3 N–H and O–H groups in total. The van der Waals surface area contributed by atoms with Gasteiger partial charge >= 0.3 is 0 Å². The fourth-order valence-corrected chi connectivity index (χ4v) is 1.83. The molecule has 1 amide bonds. The van der Waals surface area contributed by atoms with E-state index >= 15 is 0 Å². The first-order chi connectivity index (χ1) is 9.13. The maximum absolute atomic E-state index is 12.1. The van der Waals surface area contributed by atoms with Crippen LogP contribution in [0.25, 0.3) is 0 Å². The SMILES string of the molecule is CCn1cnnc1CNC(=O)c1cccc(N)c1C. The molecular formula is C13H17N5O. The summed E-state index contributed by atoms with van der Waals surface area (Å²) in [7, 11) is 0. The fraction of sp³-hybridized carbons (Fsp3) is 0.308. The molecular weight excluding hydrogens is 242 g/mol. The van der Waals surface area contributed by atoms with E-state index in [1.807, 2.05) is 18.4 Å². The Morgan fingerprint density at radius 2 is 2.26 bits per heavy atom. The zero-order chi connectivity index (χ0) is 13.8. The van der Waals surface area contributed by atoms with Crippen molar-refractivity contribution >= 4 is 11.6 Å². The van der Waals surface area contributed by atoms with Crippen LogP contribution in [0.4, 0.5) is 5.69 Å². The summed E-state index contributed by atoms with van der Waals surface area (Å²) in [5.74, 6) is 0.577. The van der Waals surface area contributed by atoms with E-state index < -0.39 is 0 Å². The number of nitrogen functional groups attached to an aromatic ring is 1. The van der Waals surface area contributed by atoms with E-state index in [1.54, 1.807) is 24.5 Å². The van der Waals surface area contributed by atoms with E-state index in [9.17, 15) is 4.79 Å². The number of benzene rings is 1. The van der Waals surface area contributed by atoms with E-state index in [-0.39, 0.29) is 5.91 Å². The van der Waals surface area contributed by atoms with Gasteiger partial charge in [-0.3, -0.25) is 4.79 Å². The molecule has 2 aromatic rings. The van der Waals surface area contributed by atoms with Gasteiger partial charge < -0.3 is 15.6 Å². The van der Waals surface area contributed by atoms with Crippen molar-refractivity contribution in [3.05, 3.63) is 41.5 Å². The predicted molar refractivity (Wildman–Crippen MR) is 72.5 cm³/mol. The molecule has 1 heterocycles. The van der Waals surface area contributed by atoms with E-state index in [4.69, 9.17) is 5.73 Å². The van der Waals surface area contributed by atoms with Crippen molar-refractivity contribution in [2.75, 3.05) is 5.73 Å². The second-order valence-corrected chi connectivity index (χ2v) is 4.24. The highest BCUT2D eigenvalue weighted by molar-refractivity contribution is 5.96. The predicted octanol–water partition coefficient (Wildman–Crippen LogP) is 1.12. The molecule has 1 aromatic heterocycles. The molecule has 0 bridgehead atoms. The Balaban J connectivity index is 2.08. The first kappa shape index (κ1) is 13.1. The lowest BCUT2D eigenvalue weighted by Crippen LogP contribution is -2.25. The van der Waals surface area contributed by atoms with Crippen LogP contribution in [0.3, 0.4) is 0 Å². The van der Waals surface area contributed by atoms with Crippen LogP contribution in [0.5, 0.6) is 0 Å². The number of nitrogens with one attached hydrogen (secondary N) is 1. The summed E-state index contributed by atoms with van der Waals surface area (Å²) in [6, 6.07) is 5.30. The van der Waals surface area contributed by atoms with Gasteiger partial charge in [0.1, 0.15) is 6.33 Å². The quantitative estimate of drug-likeness (QED) is 0.806. The van der Waals surface area contributed by atoms with Crippen LogP contribution < -0.4 is 11.1 Å². The fourth-order valence-electron chi connectivity index (χ4n) is 1.83. The third kappa shape index (κ3) is 2.73. The number of hydrogen-bond acceptors (Lipinski definition) is 4. The molecule has 0 atom stereocenters. The van der Waals surface area contributed by atoms with Gasteiger partial charge in [-0.05, 0) is 31.5 Å². The zero-order valence-corrected chi connectivity index (χ0v) is 11.1. The highest BCUT2D eigenvalue weighted by Crippen LogP contribution is 2.15. The molecule has 2 rings (SSSR count). The van der Waals surface area contributed by atoms with E-state index in [2.05, 4.69) is 15.5 Å². The van der Waals surface area contributed by atoms with E-state index in [0.29, 0.717) is 17.8 Å². The summed E-state index contributed by atoms with van der Waals surface area (Å²) in [5.41, 5.74) is 7.78. The topological polar surface area (TPSA) is 85.8 Å². The molecule has 0 aliphatic rings. The lowest BCUT2D eigenvalue weighted by Gasteiger charge is -2.09. The van der Waals surface area contributed by atoms with Gasteiger partial charge in [0, 0.05) is 17.8 Å². The second kappa shape index (κ2) is 5.51. The third-order valence-electron chi connectivity index (χ3n) is 3.06. The van der Waals surface area contributed by atoms with Gasteiger partial charge in [-0.25, -0.2) is 0 Å². The van der Waals surface area contributed by atoms with Crippen molar-refractivity contribution in [3.8, 4) is 0 Å². The molecule has 0 unspecified atom stereocenters. The number of aryl methyl sites for hydroxylation is 1. The minimum Gasteiger partial charge on any atom is -0.398 e. The number of aromatic nitrogens is 3. The van der Waals surface area contributed by atoms with Gasteiger partial charge in [-0.1, -0.05) is 6.07 Å². The molecule has 1 aromatic carbocycles. The van der Waals surface area contributed by atoms with Crippen molar-refractivity contribution in [1.82, 2.24) is 20.1 Å². The molecule has 0 radical (unpaired) electrons. The Labute approximate surface area is 111 Å². The molecule has 0 aliphatic heterocycles. The van der Waals surface area contributed by atoms with Crippen molar-refractivity contribution in [3.63, 3.8) is 0 Å². The summed E-state index contributed by atoms with van der Waals surface area (Å²) < 4.78 is 1.88. The normalized spacial score (nSPS) is 10.4. The summed E-state index contributed by atoms with van der Waals surface area (Å²) in [4.78, 5) is 12.1. The Bertz CT molecular complexity index is 590. The molecule has 100 valence electrons. The molecule has 0 saturated carbocycles. The van der Waals surface area contributed by atoms with Crippen LogP contribution >= 0.6 is 0 Å². The number of rotatable bonds is 4. The first-order valence-corrected chi connectivity index (χ1v) is 6.13. The number of anilines is 1. The Hall–Kier alpha value is -2.37. The maximum atomic E-state index is 12.1. The lowest BCUT2D eigenvalue weighted by molar-refractivity contribution is 0.0949. The number of amides is 1. The van der Waals surface area contributed by atoms with Crippen LogP contribution in [0.1, 0.15) is 28.7 Å². The van der Waals surface area contributed by atoms with Crippen LogP contribution in [0.2, 0.25) is 0 Å². The first-order valence-electron chi connectivity index (χ1n) is 6.13. The molecule has 6 heteroatoms. The average Bonchev–Trinajstić information content (AvgIpc) is 2.86. The molecule has 0 aliphatic carbocycles. The summed E-state index contributed by atoms with van der Waals surface area (Å²) in [6.07, 6.45) is 1.65. The van der Waals surface area contributed by atoms with Gasteiger partial charge in [0.15, 0.2) is 5.82 Å². The van der Waals surface area contributed by atoms with Crippen LogP contribution in [-0.4, -0.2) is 20.7 Å². The van der Waals surface area contributed by atoms with Gasteiger partial charge in [-0.2, -0.15) is 0 Å². The minimum absolute atomic E-state index is 0.157. The van der Waals surface area contributed by atoms with Gasteiger partial charge in [-0.15, -0.1) is 10.2 Å². The number of carbonyl (C=O) groups is 1. The van der Waals surface area contributed by atoms with E-state index in [0.717, 1.165) is 17.9 Å². The van der Waals surface area contributed by atoms with Gasteiger partial charge in [0.25, 0.3) is 5.91 Å². The number of nitrogens with zero attached hydrogens (tertiary/aromatic N) is 3.